The fourth-order valence-electron chi connectivity index (χ4n) is 2.27. The van der Waals surface area contributed by atoms with Crippen LogP contribution in [0.2, 0.25) is 0 Å². The van der Waals surface area contributed by atoms with E-state index in [1.165, 1.54) is 0 Å². The molecule has 0 spiro atoms. The molecule has 0 unspecified atom stereocenters. The molecular weight excluding hydrogens is 270 g/mol. The fourth-order valence-corrected chi connectivity index (χ4v) is 3.52. The zero-order chi connectivity index (χ0) is 14.3. The van der Waals surface area contributed by atoms with E-state index in [4.69, 9.17) is 11.2 Å². The van der Waals surface area contributed by atoms with Crippen LogP contribution in [-0.4, -0.2) is 35.4 Å². The van der Waals surface area contributed by atoms with Crippen molar-refractivity contribution in [2.75, 3.05) is 24.7 Å². The highest BCUT2D eigenvalue weighted by Crippen LogP contribution is 2.26. The molecule has 1 saturated heterocycles. The molecule has 0 atom stereocenters. The standard InChI is InChI=1S/C16H21NO2S/c1-2-9-19-15-6-4-3-5-14(15)12-17-13-16(18)7-10-20-11-8-16/h1,3-6,17-18H,7-13H2. The number of aliphatic hydroxyl groups is 1. The Morgan fingerprint density at radius 3 is 2.85 bits per heavy atom. The molecule has 0 aromatic heterocycles. The number of benzene rings is 1. The van der Waals surface area contributed by atoms with Crippen LogP contribution in [0.3, 0.4) is 0 Å². The summed E-state index contributed by atoms with van der Waals surface area (Å²) in [6.07, 6.45) is 6.94. The highest BCUT2D eigenvalue weighted by Gasteiger charge is 2.28. The lowest BCUT2D eigenvalue weighted by molar-refractivity contribution is 0.0319. The molecule has 1 heterocycles. The molecule has 0 amide bonds. The second-order valence-electron chi connectivity index (χ2n) is 5.04. The SMILES string of the molecule is C#CCOc1ccccc1CNCC1(O)CCSCC1. The normalized spacial score (nSPS) is 17.4. The first-order valence-corrected chi connectivity index (χ1v) is 8.04. The average molecular weight is 291 g/mol. The topological polar surface area (TPSA) is 41.5 Å². The van der Waals surface area contributed by atoms with Crippen LogP contribution in [0.5, 0.6) is 5.75 Å². The van der Waals surface area contributed by atoms with Crippen LogP contribution in [0.1, 0.15) is 18.4 Å². The Morgan fingerprint density at radius 1 is 1.35 bits per heavy atom. The van der Waals surface area contributed by atoms with Gasteiger partial charge in [-0.2, -0.15) is 11.8 Å². The number of terminal acetylenes is 1. The van der Waals surface area contributed by atoms with Gasteiger partial charge in [-0.15, -0.1) is 6.42 Å². The number of hydrogen-bond donors (Lipinski definition) is 2. The Kier molecular flexibility index (Phi) is 5.78. The summed E-state index contributed by atoms with van der Waals surface area (Å²) in [7, 11) is 0. The van der Waals surface area contributed by atoms with Gasteiger partial charge in [0.05, 0.1) is 5.60 Å². The van der Waals surface area contributed by atoms with Gasteiger partial charge in [-0.25, -0.2) is 0 Å². The van der Waals surface area contributed by atoms with E-state index in [9.17, 15) is 5.11 Å². The van der Waals surface area contributed by atoms with E-state index in [0.29, 0.717) is 13.1 Å². The van der Waals surface area contributed by atoms with Crippen molar-refractivity contribution >= 4 is 11.8 Å². The van der Waals surface area contributed by atoms with E-state index < -0.39 is 5.60 Å². The Morgan fingerprint density at radius 2 is 2.10 bits per heavy atom. The minimum Gasteiger partial charge on any atom is -0.481 e. The van der Waals surface area contributed by atoms with E-state index in [0.717, 1.165) is 35.7 Å². The van der Waals surface area contributed by atoms with Gasteiger partial charge in [-0.05, 0) is 30.4 Å². The molecule has 108 valence electrons. The van der Waals surface area contributed by atoms with Crippen molar-refractivity contribution in [3.8, 4) is 18.1 Å². The lowest BCUT2D eigenvalue weighted by Gasteiger charge is -2.32. The first-order chi connectivity index (χ1) is 9.73. The van der Waals surface area contributed by atoms with Crippen LogP contribution < -0.4 is 10.1 Å². The molecule has 4 heteroatoms. The van der Waals surface area contributed by atoms with Crippen molar-refractivity contribution in [2.24, 2.45) is 0 Å². The minimum absolute atomic E-state index is 0.276. The van der Waals surface area contributed by atoms with E-state index in [1.807, 2.05) is 36.0 Å². The summed E-state index contributed by atoms with van der Waals surface area (Å²) >= 11 is 1.91. The summed E-state index contributed by atoms with van der Waals surface area (Å²) < 4.78 is 5.51. The Bertz CT molecular complexity index is 464. The molecule has 1 aromatic rings. The molecule has 2 rings (SSSR count). The Labute approximate surface area is 125 Å². The second-order valence-corrected chi connectivity index (χ2v) is 6.27. The first kappa shape index (κ1) is 15.2. The summed E-state index contributed by atoms with van der Waals surface area (Å²) in [6.45, 7) is 1.57. The molecule has 2 N–H and O–H groups in total. The van der Waals surface area contributed by atoms with Crippen LogP contribution in [0, 0.1) is 12.3 Å². The average Bonchev–Trinajstić information content (AvgIpc) is 2.47. The predicted molar refractivity (Wildman–Crippen MR) is 84.0 cm³/mol. The van der Waals surface area contributed by atoms with Gasteiger partial charge in [0.25, 0.3) is 0 Å². The third kappa shape index (κ3) is 4.45. The molecule has 3 nitrogen and oxygen atoms in total. The van der Waals surface area contributed by atoms with Crippen LogP contribution in [0.4, 0.5) is 0 Å². The van der Waals surface area contributed by atoms with Crippen molar-refractivity contribution in [1.29, 1.82) is 0 Å². The van der Waals surface area contributed by atoms with Gasteiger partial charge in [-0.1, -0.05) is 24.1 Å². The number of para-hydroxylation sites is 1. The third-order valence-corrected chi connectivity index (χ3v) is 4.46. The summed E-state index contributed by atoms with van der Waals surface area (Å²) in [5, 5.41) is 13.8. The van der Waals surface area contributed by atoms with Gasteiger partial charge in [-0.3, -0.25) is 0 Å². The number of rotatable bonds is 6. The highest BCUT2D eigenvalue weighted by atomic mass is 32.2. The van der Waals surface area contributed by atoms with E-state index in [1.54, 1.807) is 0 Å². The van der Waals surface area contributed by atoms with Crippen molar-refractivity contribution < 1.29 is 9.84 Å². The third-order valence-electron chi connectivity index (χ3n) is 3.48. The van der Waals surface area contributed by atoms with Gasteiger partial charge in [0.15, 0.2) is 0 Å². The van der Waals surface area contributed by atoms with Gasteiger partial charge in [0.1, 0.15) is 12.4 Å². The molecular formula is C16H21NO2S. The number of nitrogens with one attached hydrogen (secondary N) is 1. The second kappa shape index (κ2) is 7.58. The highest BCUT2D eigenvalue weighted by molar-refractivity contribution is 7.99. The molecule has 1 aromatic carbocycles. The minimum atomic E-state index is -0.556. The van der Waals surface area contributed by atoms with Crippen molar-refractivity contribution in [3.05, 3.63) is 29.8 Å². The van der Waals surface area contributed by atoms with E-state index in [2.05, 4.69) is 11.2 Å². The summed E-state index contributed by atoms with van der Waals surface area (Å²) in [5.41, 5.74) is 0.511. The van der Waals surface area contributed by atoms with E-state index in [-0.39, 0.29) is 6.61 Å². The van der Waals surface area contributed by atoms with Gasteiger partial charge >= 0.3 is 0 Å². The zero-order valence-electron chi connectivity index (χ0n) is 11.6. The monoisotopic (exact) mass is 291 g/mol. The Hall–Kier alpha value is -1.15. The molecule has 0 bridgehead atoms. The summed E-state index contributed by atoms with van der Waals surface area (Å²) in [4.78, 5) is 0. The van der Waals surface area contributed by atoms with E-state index >= 15 is 0 Å². The maximum Gasteiger partial charge on any atom is 0.148 e. The molecule has 1 aliphatic heterocycles. The van der Waals surface area contributed by atoms with Crippen molar-refractivity contribution in [3.63, 3.8) is 0 Å². The quantitative estimate of drug-likeness (QED) is 0.787. The maximum atomic E-state index is 10.4. The van der Waals surface area contributed by atoms with Gasteiger partial charge in [0, 0.05) is 18.7 Å². The molecule has 20 heavy (non-hydrogen) atoms. The van der Waals surface area contributed by atoms with Gasteiger partial charge in [0.2, 0.25) is 0 Å². The van der Waals surface area contributed by atoms with Gasteiger partial charge < -0.3 is 15.2 Å². The van der Waals surface area contributed by atoms with Crippen LogP contribution in [-0.2, 0) is 6.54 Å². The number of thioether (sulfide) groups is 1. The fraction of sp³-hybridized carbons (Fsp3) is 0.500. The summed E-state index contributed by atoms with van der Waals surface area (Å²) in [5.74, 6) is 5.37. The van der Waals surface area contributed by atoms with Crippen LogP contribution >= 0.6 is 11.8 Å². The molecule has 0 radical (unpaired) electrons. The lowest BCUT2D eigenvalue weighted by Crippen LogP contribution is -2.43. The number of ether oxygens (including phenoxy) is 1. The van der Waals surface area contributed by atoms with Crippen molar-refractivity contribution in [2.45, 2.75) is 25.0 Å². The number of hydrogen-bond acceptors (Lipinski definition) is 4. The van der Waals surface area contributed by atoms with Crippen LogP contribution in [0.15, 0.2) is 24.3 Å². The Balaban J connectivity index is 1.86. The molecule has 0 saturated carbocycles. The van der Waals surface area contributed by atoms with Crippen LogP contribution in [0.25, 0.3) is 0 Å². The summed E-state index contributed by atoms with van der Waals surface area (Å²) in [6, 6.07) is 7.84. The lowest BCUT2D eigenvalue weighted by atomic mass is 9.97. The molecule has 1 fully saturated rings. The van der Waals surface area contributed by atoms with Crippen molar-refractivity contribution in [1.82, 2.24) is 5.32 Å². The first-order valence-electron chi connectivity index (χ1n) is 6.88. The maximum absolute atomic E-state index is 10.4. The molecule has 1 aliphatic rings. The zero-order valence-corrected chi connectivity index (χ0v) is 12.4. The smallest absolute Gasteiger partial charge is 0.148 e. The largest absolute Gasteiger partial charge is 0.481 e. The molecule has 0 aliphatic carbocycles. The predicted octanol–water partition coefficient (Wildman–Crippen LogP) is 2.05.